The van der Waals surface area contributed by atoms with Crippen molar-refractivity contribution >= 4 is 92.2 Å². The summed E-state index contributed by atoms with van der Waals surface area (Å²) in [5.74, 6) is 0.999. The van der Waals surface area contributed by atoms with Crippen molar-refractivity contribution in [3.8, 4) is 5.75 Å². The lowest BCUT2D eigenvalue weighted by Crippen LogP contribution is -2.56. The molecule has 2 aliphatic heterocycles. The number of carbonyl (C=O) groups excluding carboxylic acids is 6. The highest BCUT2D eigenvalue weighted by atomic mass is 35.5. The number of likely N-dealkylation sites (N-methyl/N-ethyl adjacent to an activating group) is 1. The molecule has 3 atom stereocenters. The summed E-state index contributed by atoms with van der Waals surface area (Å²) < 4.78 is 34.0. The summed E-state index contributed by atoms with van der Waals surface area (Å²) in [6, 6.07) is 12.2. The fourth-order valence-corrected chi connectivity index (χ4v) is 12.2. The molecule has 8 rings (SSSR count). The number of anilines is 4. The molecule has 1 saturated carbocycles. The number of carbonyl (C=O) groups is 6. The van der Waals surface area contributed by atoms with E-state index in [9.17, 15) is 28.8 Å². The monoisotopic (exact) mass is 1260 g/mol. The minimum atomic E-state index is -0.869. The van der Waals surface area contributed by atoms with Gasteiger partial charge in [0.1, 0.15) is 69.7 Å². The van der Waals surface area contributed by atoms with Crippen LogP contribution < -0.4 is 25.6 Å². The molecule has 0 spiro atoms. The van der Waals surface area contributed by atoms with Gasteiger partial charge in [-0.15, -0.1) is 11.3 Å². The predicted molar refractivity (Wildman–Crippen MR) is 332 cm³/mol. The van der Waals surface area contributed by atoms with Gasteiger partial charge in [-0.3, -0.25) is 28.9 Å². The molecule has 0 bridgehead atoms. The van der Waals surface area contributed by atoms with Gasteiger partial charge in [-0.2, -0.15) is 0 Å². The van der Waals surface area contributed by atoms with E-state index in [2.05, 4.69) is 35.8 Å². The van der Waals surface area contributed by atoms with Crippen molar-refractivity contribution < 1.29 is 57.2 Å². The van der Waals surface area contributed by atoms with E-state index in [0.717, 1.165) is 44.1 Å². The minimum Gasteiger partial charge on any atom is -0.491 e. The Kier molecular flexibility index (Phi) is 24.2. The van der Waals surface area contributed by atoms with Crippen LogP contribution in [-0.2, 0) is 38.1 Å². The fraction of sp³-hybridized carbons (Fsp3) is 0.541. The molecule has 0 radical (unpaired) electrons. The van der Waals surface area contributed by atoms with Crippen molar-refractivity contribution in [2.45, 2.75) is 110 Å². The van der Waals surface area contributed by atoms with Gasteiger partial charge in [-0.1, -0.05) is 66.5 Å². The molecule has 3 fully saturated rings. The molecule has 5 amide bonds. The number of para-hydroxylation sites is 1. The predicted octanol–water partition coefficient (Wildman–Crippen LogP) is 8.66. The summed E-state index contributed by atoms with van der Waals surface area (Å²) in [4.78, 5) is 106. The number of hydrogen-bond donors (Lipinski definition) is 3. The number of hydrogen-bond acceptors (Lipinski definition) is 20. The van der Waals surface area contributed by atoms with Crippen molar-refractivity contribution in [3.63, 3.8) is 0 Å². The molecule has 1 aliphatic carbocycles. The summed E-state index contributed by atoms with van der Waals surface area (Å²) >= 11 is 8.84. The average Bonchev–Trinajstić information content (AvgIpc) is 3.46. The Morgan fingerprint density at radius 2 is 1.49 bits per heavy atom. The zero-order valence-electron chi connectivity index (χ0n) is 50.6. The lowest BCUT2D eigenvalue weighted by molar-refractivity contribution is -0.140. The van der Waals surface area contributed by atoms with E-state index in [1.807, 2.05) is 25.1 Å². The third-order valence-corrected chi connectivity index (χ3v) is 17.2. The first-order chi connectivity index (χ1) is 41.8. The third kappa shape index (κ3) is 19.1. The van der Waals surface area contributed by atoms with Crippen LogP contribution in [0.25, 0.3) is 0 Å². The Hall–Kier alpha value is -6.87. The van der Waals surface area contributed by atoms with E-state index in [0.29, 0.717) is 133 Å². The van der Waals surface area contributed by atoms with Gasteiger partial charge in [0.25, 0.3) is 5.91 Å². The van der Waals surface area contributed by atoms with E-state index in [1.54, 1.807) is 80.1 Å². The lowest BCUT2D eigenvalue weighted by atomic mass is 9.83. The summed E-state index contributed by atoms with van der Waals surface area (Å²) in [6.07, 6.45) is 6.95. The molecule has 3 aromatic heterocycles. The average molecular weight is 1260 g/mol. The number of amides is 5. The summed E-state index contributed by atoms with van der Waals surface area (Å²) in [5, 5.41) is 12.5. The van der Waals surface area contributed by atoms with Gasteiger partial charge < -0.3 is 59.1 Å². The van der Waals surface area contributed by atoms with Crippen LogP contribution in [0.1, 0.15) is 121 Å². The Morgan fingerprint density at radius 3 is 2.20 bits per heavy atom. The molecule has 23 nitrogen and oxygen atoms in total. The van der Waals surface area contributed by atoms with Crippen LogP contribution in [0.5, 0.6) is 5.75 Å². The highest BCUT2D eigenvalue weighted by molar-refractivity contribution is 7.17. The van der Waals surface area contributed by atoms with Gasteiger partial charge in [0.2, 0.25) is 23.5 Å². The third-order valence-electron chi connectivity index (χ3n) is 15.0. The topological polar surface area (TPSA) is 258 Å². The Labute approximate surface area is 521 Å². The highest BCUT2D eigenvalue weighted by Gasteiger charge is 2.41. The quantitative estimate of drug-likeness (QED) is 0.0312. The maximum atomic E-state index is 14.5. The SMILES string of the molecule is Cc1nc(Nc2ncc(C(=O)Nc3c(C)cccc3Cl)s2)cc(N2CCN(C(=O)COCCOCCOCCOCCOc3cccc(C(=O)c4csc([C@@H]5CCCN5C(=O)[C@@H](NC(=O)[C@H](C)N(C)C(=O)OC(C)(C)C)C5CCCCC5)n4)c3)CC2)n1. The van der Waals surface area contributed by atoms with E-state index >= 15 is 0 Å². The molecule has 470 valence electrons. The number of ketones is 1. The van der Waals surface area contributed by atoms with Crippen LogP contribution >= 0.6 is 34.3 Å². The van der Waals surface area contributed by atoms with Crippen LogP contribution in [0.4, 0.5) is 27.2 Å². The number of thiazole rings is 2. The van der Waals surface area contributed by atoms with Gasteiger partial charge in [0.05, 0.1) is 69.2 Å². The Bertz CT molecular complexity index is 3130. The molecule has 5 aromatic rings. The smallest absolute Gasteiger partial charge is 0.410 e. The summed E-state index contributed by atoms with van der Waals surface area (Å²) in [7, 11) is 1.52. The van der Waals surface area contributed by atoms with Gasteiger partial charge in [-0.25, -0.2) is 24.7 Å². The number of piperazine rings is 1. The number of aromatic nitrogens is 4. The molecule has 2 saturated heterocycles. The molecule has 26 heteroatoms. The second-order valence-corrected chi connectivity index (χ2v) is 24.9. The number of nitrogens with zero attached hydrogens (tertiary/aromatic N) is 8. The van der Waals surface area contributed by atoms with Gasteiger partial charge in [0, 0.05) is 56.8 Å². The molecule has 3 N–H and O–H groups in total. The number of ether oxygens (including phenoxy) is 6. The molecular weight excluding hydrogens is 1180 g/mol. The largest absolute Gasteiger partial charge is 0.491 e. The van der Waals surface area contributed by atoms with E-state index in [4.69, 9.17) is 45.0 Å². The van der Waals surface area contributed by atoms with E-state index in [-0.39, 0.29) is 61.0 Å². The summed E-state index contributed by atoms with van der Waals surface area (Å²) in [6.45, 7) is 15.7. The molecule has 2 aromatic carbocycles. The standard InChI is InChI=1S/C61H80ClN11O12S2/c1-39-14-11-19-45(62)52(39)68-56(77)48-36-63-59(87-48)67-49-35-50(65-41(3)64-49)71-22-24-72(25-23-71)51(74)37-83-31-30-81-27-26-80-28-29-82-32-33-84-44-18-12-17-43(34-44)54(75)46-38-86-57(66-46)47-20-13-21-73(47)58(78)53(42-15-9-8-10-16-42)69-55(76)40(2)70(7)60(79)85-61(4,5)6/h11-12,14,17-19,34-36,38,40,42,47,53H,8-10,13,15-16,20-33,37H2,1-7H3,(H,68,77)(H,69,76)(H,63,64,65,67)/t40-,47-,53-/m0/s1. The molecular formula is C61H80ClN11O12S2. The maximum absolute atomic E-state index is 14.5. The van der Waals surface area contributed by atoms with Crippen molar-refractivity contribution in [1.82, 2.24) is 40.0 Å². The van der Waals surface area contributed by atoms with Crippen LogP contribution in [-0.4, -0.2) is 187 Å². The number of nitrogens with one attached hydrogen (secondary N) is 3. The van der Waals surface area contributed by atoms with Crippen molar-refractivity contribution in [1.29, 1.82) is 0 Å². The van der Waals surface area contributed by atoms with Crippen molar-refractivity contribution in [3.05, 3.63) is 97.7 Å². The van der Waals surface area contributed by atoms with Crippen molar-refractivity contribution in [2.75, 3.05) is 115 Å². The van der Waals surface area contributed by atoms with Crippen LogP contribution in [0.2, 0.25) is 5.02 Å². The van der Waals surface area contributed by atoms with E-state index < -0.39 is 29.7 Å². The first-order valence-electron chi connectivity index (χ1n) is 29.6. The fourth-order valence-electron chi connectivity index (χ4n) is 10.3. The molecule has 0 unspecified atom stereocenters. The first kappa shape index (κ1) is 66.1. The molecule has 5 heterocycles. The number of benzene rings is 2. The number of likely N-dealkylation sites (tertiary alicyclic amines) is 1. The zero-order chi connectivity index (χ0) is 62.0. The molecule has 87 heavy (non-hydrogen) atoms. The van der Waals surface area contributed by atoms with E-state index in [1.165, 1.54) is 40.8 Å². The normalized spacial score (nSPS) is 16.3. The van der Waals surface area contributed by atoms with Crippen LogP contribution in [0.15, 0.2) is 60.1 Å². The minimum absolute atomic E-state index is 0.0433. The first-order valence-corrected chi connectivity index (χ1v) is 31.7. The second-order valence-electron chi connectivity index (χ2n) is 22.6. The second kappa shape index (κ2) is 31.9. The zero-order valence-corrected chi connectivity index (χ0v) is 53.0. The Balaban J connectivity index is 0.668. The number of rotatable bonds is 28. The maximum Gasteiger partial charge on any atom is 0.410 e. The van der Waals surface area contributed by atoms with Crippen molar-refractivity contribution in [2.24, 2.45) is 5.92 Å². The van der Waals surface area contributed by atoms with Crippen LogP contribution in [0, 0.1) is 19.8 Å². The number of aryl methyl sites for hydroxylation is 2. The van der Waals surface area contributed by atoms with Gasteiger partial charge in [-0.05, 0) is 96.9 Å². The number of halogens is 1. The lowest BCUT2D eigenvalue weighted by Gasteiger charge is -2.36. The van der Waals surface area contributed by atoms with Gasteiger partial charge in [0.15, 0.2) is 5.13 Å². The summed E-state index contributed by atoms with van der Waals surface area (Å²) in [5.41, 5.74) is 1.37. The highest BCUT2D eigenvalue weighted by Crippen LogP contribution is 2.37. The van der Waals surface area contributed by atoms with Crippen LogP contribution in [0.3, 0.4) is 0 Å². The molecule has 3 aliphatic rings. The van der Waals surface area contributed by atoms with Gasteiger partial charge >= 0.3 is 6.09 Å². The Morgan fingerprint density at radius 1 is 0.805 bits per heavy atom.